The van der Waals surface area contributed by atoms with Gasteiger partial charge in [-0.2, -0.15) is 0 Å². The number of carbonyl (C=O) groups is 2. The molecular weight excluding hydrogens is 266 g/mol. The number of halogens is 1. The lowest BCUT2D eigenvalue weighted by molar-refractivity contribution is -0.142. The minimum Gasteiger partial charge on any atom is -0.347 e. The molecule has 1 aliphatic heterocycles. The quantitative estimate of drug-likeness (QED) is 0.813. The number of carbonyl (C=O) groups excluding carboxylic acids is 2. The van der Waals surface area contributed by atoms with Gasteiger partial charge in [0.05, 0.1) is 6.54 Å². The largest absolute Gasteiger partial charge is 0.347 e. The second-order valence-corrected chi connectivity index (χ2v) is 5.07. The summed E-state index contributed by atoms with van der Waals surface area (Å²) in [7, 11) is 3.45. The maximum Gasteiger partial charge on any atom is 0.241 e. The van der Waals surface area contributed by atoms with E-state index in [0.717, 1.165) is 32.4 Å². The number of rotatable bonds is 5. The van der Waals surface area contributed by atoms with Crippen LogP contribution in [0.5, 0.6) is 0 Å². The highest BCUT2D eigenvalue weighted by molar-refractivity contribution is 5.86. The monoisotopic (exact) mass is 291 g/mol. The van der Waals surface area contributed by atoms with Crippen LogP contribution in [0.1, 0.15) is 26.2 Å². The first-order valence-electron chi connectivity index (χ1n) is 6.76. The van der Waals surface area contributed by atoms with Gasteiger partial charge in [-0.15, -0.1) is 12.4 Å². The molecule has 0 bridgehead atoms. The molecule has 0 spiro atoms. The summed E-state index contributed by atoms with van der Waals surface area (Å²) in [6.07, 6.45) is 2.65. The Morgan fingerprint density at radius 3 is 2.26 bits per heavy atom. The molecule has 1 saturated heterocycles. The summed E-state index contributed by atoms with van der Waals surface area (Å²) in [5.41, 5.74) is 0. The van der Waals surface area contributed by atoms with E-state index in [1.165, 1.54) is 0 Å². The van der Waals surface area contributed by atoms with Gasteiger partial charge in [0.15, 0.2) is 0 Å². The first-order valence-corrected chi connectivity index (χ1v) is 6.76. The second kappa shape index (κ2) is 9.15. The van der Waals surface area contributed by atoms with Crippen LogP contribution in [0.15, 0.2) is 0 Å². The Labute approximate surface area is 122 Å². The van der Waals surface area contributed by atoms with Crippen LogP contribution in [0.3, 0.4) is 0 Å². The standard InChI is InChI=1S/C13H25N3O2.ClH/c1-4-9-16(10-12(17)15(2)3)13(18)11-5-7-14-8-6-11;/h11,14H,4-10H2,1-3H3;1H. The van der Waals surface area contributed by atoms with Gasteiger partial charge in [0.25, 0.3) is 0 Å². The van der Waals surface area contributed by atoms with Gasteiger partial charge in [-0.25, -0.2) is 0 Å². The minimum absolute atomic E-state index is 0. The van der Waals surface area contributed by atoms with Crippen LogP contribution >= 0.6 is 12.4 Å². The summed E-state index contributed by atoms with van der Waals surface area (Å²) in [6, 6.07) is 0. The third-order valence-corrected chi connectivity index (χ3v) is 3.32. The van der Waals surface area contributed by atoms with E-state index in [-0.39, 0.29) is 36.7 Å². The average molecular weight is 292 g/mol. The molecule has 1 aliphatic rings. The van der Waals surface area contributed by atoms with Gasteiger partial charge in [0.2, 0.25) is 11.8 Å². The molecule has 0 aliphatic carbocycles. The van der Waals surface area contributed by atoms with Crippen molar-refractivity contribution in [3.8, 4) is 0 Å². The lowest BCUT2D eigenvalue weighted by Crippen LogP contribution is -2.45. The third kappa shape index (κ3) is 5.78. The number of nitrogens with one attached hydrogen (secondary N) is 1. The Morgan fingerprint density at radius 1 is 1.21 bits per heavy atom. The first kappa shape index (κ1) is 18.2. The van der Waals surface area contributed by atoms with Crippen LogP contribution in [-0.2, 0) is 9.59 Å². The van der Waals surface area contributed by atoms with Crippen molar-refractivity contribution in [3.05, 3.63) is 0 Å². The van der Waals surface area contributed by atoms with E-state index in [9.17, 15) is 9.59 Å². The fourth-order valence-electron chi connectivity index (χ4n) is 2.17. The zero-order valence-corrected chi connectivity index (χ0v) is 13.0. The van der Waals surface area contributed by atoms with Crippen LogP contribution in [0.2, 0.25) is 0 Å². The molecule has 1 N–H and O–H groups in total. The second-order valence-electron chi connectivity index (χ2n) is 5.07. The predicted molar refractivity (Wildman–Crippen MR) is 78.4 cm³/mol. The van der Waals surface area contributed by atoms with E-state index < -0.39 is 0 Å². The summed E-state index contributed by atoms with van der Waals surface area (Å²) in [5.74, 6) is 0.229. The summed E-state index contributed by atoms with van der Waals surface area (Å²) in [5, 5.41) is 3.25. The van der Waals surface area contributed by atoms with Crippen molar-refractivity contribution in [1.29, 1.82) is 0 Å². The predicted octanol–water partition coefficient (Wildman–Crippen LogP) is 0.735. The Hall–Kier alpha value is -0.810. The van der Waals surface area contributed by atoms with Gasteiger partial charge in [0.1, 0.15) is 0 Å². The lowest BCUT2D eigenvalue weighted by atomic mass is 9.96. The number of amides is 2. The third-order valence-electron chi connectivity index (χ3n) is 3.32. The Kier molecular flexibility index (Phi) is 8.76. The number of piperidine rings is 1. The molecule has 0 saturated carbocycles. The normalized spacial score (nSPS) is 15.5. The highest BCUT2D eigenvalue weighted by Gasteiger charge is 2.26. The molecule has 1 heterocycles. The topological polar surface area (TPSA) is 52.7 Å². The molecule has 1 rings (SSSR count). The van der Waals surface area contributed by atoms with Crippen LogP contribution in [0.4, 0.5) is 0 Å². The lowest BCUT2D eigenvalue weighted by Gasteiger charge is -2.29. The van der Waals surface area contributed by atoms with Crippen molar-refractivity contribution in [2.75, 3.05) is 40.3 Å². The molecule has 0 atom stereocenters. The molecule has 0 aromatic carbocycles. The number of nitrogens with zero attached hydrogens (tertiary/aromatic N) is 2. The number of likely N-dealkylation sites (N-methyl/N-ethyl adjacent to an activating group) is 1. The van der Waals surface area contributed by atoms with Gasteiger partial charge in [-0.05, 0) is 32.4 Å². The van der Waals surface area contributed by atoms with Crippen molar-refractivity contribution in [2.24, 2.45) is 5.92 Å². The molecule has 112 valence electrons. The van der Waals surface area contributed by atoms with E-state index >= 15 is 0 Å². The zero-order valence-electron chi connectivity index (χ0n) is 12.1. The van der Waals surface area contributed by atoms with Crippen molar-refractivity contribution in [3.63, 3.8) is 0 Å². The molecule has 0 aromatic rings. The molecule has 19 heavy (non-hydrogen) atoms. The molecule has 6 heteroatoms. The van der Waals surface area contributed by atoms with E-state index in [2.05, 4.69) is 5.32 Å². The fraction of sp³-hybridized carbons (Fsp3) is 0.846. The summed E-state index contributed by atoms with van der Waals surface area (Å²) >= 11 is 0. The van der Waals surface area contributed by atoms with Gasteiger partial charge in [0, 0.05) is 26.6 Å². The van der Waals surface area contributed by atoms with Crippen molar-refractivity contribution in [1.82, 2.24) is 15.1 Å². The van der Waals surface area contributed by atoms with Gasteiger partial charge >= 0.3 is 0 Å². The Morgan fingerprint density at radius 2 is 1.79 bits per heavy atom. The molecular formula is C13H26ClN3O2. The van der Waals surface area contributed by atoms with Crippen LogP contribution < -0.4 is 5.32 Å². The van der Waals surface area contributed by atoms with E-state index in [4.69, 9.17) is 0 Å². The van der Waals surface area contributed by atoms with Crippen molar-refractivity contribution >= 4 is 24.2 Å². The van der Waals surface area contributed by atoms with E-state index in [1.54, 1.807) is 23.9 Å². The maximum atomic E-state index is 12.4. The van der Waals surface area contributed by atoms with E-state index in [0.29, 0.717) is 6.54 Å². The number of hydrogen-bond acceptors (Lipinski definition) is 3. The molecule has 5 nitrogen and oxygen atoms in total. The maximum absolute atomic E-state index is 12.4. The van der Waals surface area contributed by atoms with Crippen LogP contribution in [-0.4, -0.2) is 61.9 Å². The molecule has 2 amide bonds. The first-order chi connectivity index (χ1) is 8.56. The molecule has 0 unspecified atom stereocenters. The van der Waals surface area contributed by atoms with Crippen molar-refractivity contribution in [2.45, 2.75) is 26.2 Å². The van der Waals surface area contributed by atoms with Gasteiger partial charge in [-0.1, -0.05) is 6.92 Å². The van der Waals surface area contributed by atoms with Crippen LogP contribution in [0.25, 0.3) is 0 Å². The molecule has 1 fully saturated rings. The smallest absolute Gasteiger partial charge is 0.241 e. The highest BCUT2D eigenvalue weighted by atomic mass is 35.5. The van der Waals surface area contributed by atoms with Gasteiger partial charge < -0.3 is 15.1 Å². The SMILES string of the molecule is CCCN(CC(=O)N(C)C)C(=O)C1CCNCC1.Cl. The summed E-state index contributed by atoms with van der Waals surface area (Å²) < 4.78 is 0. The number of hydrogen-bond donors (Lipinski definition) is 1. The van der Waals surface area contributed by atoms with Crippen LogP contribution in [0, 0.1) is 5.92 Å². The minimum atomic E-state index is -0.00858. The van der Waals surface area contributed by atoms with E-state index in [1.807, 2.05) is 6.92 Å². The zero-order chi connectivity index (χ0) is 13.5. The summed E-state index contributed by atoms with van der Waals surface area (Å²) in [4.78, 5) is 27.4. The Balaban J connectivity index is 0.00000324. The summed E-state index contributed by atoms with van der Waals surface area (Å²) in [6.45, 7) is 4.71. The molecule has 0 radical (unpaired) electrons. The Bertz CT molecular complexity index is 292. The molecule has 0 aromatic heterocycles. The highest BCUT2D eigenvalue weighted by Crippen LogP contribution is 2.15. The fourth-order valence-corrected chi connectivity index (χ4v) is 2.17. The average Bonchev–Trinajstić information content (AvgIpc) is 2.38. The van der Waals surface area contributed by atoms with Gasteiger partial charge in [-0.3, -0.25) is 9.59 Å². The van der Waals surface area contributed by atoms with Crippen molar-refractivity contribution < 1.29 is 9.59 Å².